The number of carbonyl (C=O) groups excluding carboxylic acids is 1. The molecule has 0 atom stereocenters. The summed E-state index contributed by atoms with van der Waals surface area (Å²) in [5.41, 5.74) is 3.94. The molecule has 8 nitrogen and oxygen atoms in total. The van der Waals surface area contributed by atoms with Gasteiger partial charge in [0, 0.05) is 17.5 Å². The second-order valence-corrected chi connectivity index (χ2v) is 8.23. The molecule has 1 N–H and O–H groups in total. The van der Waals surface area contributed by atoms with Crippen molar-refractivity contribution in [2.45, 2.75) is 13.0 Å². The Kier molecular flexibility index (Phi) is 6.40. The number of aromatic amines is 1. The molecule has 0 radical (unpaired) electrons. The van der Waals surface area contributed by atoms with Crippen LogP contribution in [0.4, 0.5) is 0 Å². The van der Waals surface area contributed by atoms with Crippen molar-refractivity contribution in [2.75, 3.05) is 20.8 Å². The van der Waals surface area contributed by atoms with Gasteiger partial charge in [0.2, 0.25) is 0 Å². The third kappa shape index (κ3) is 4.40. The second kappa shape index (κ2) is 9.95. The monoisotopic (exact) mass is 483 g/mol. The van der Waals surface area contributed by atoms with Gasteiger partial charge in [-0.2, -0.15) is 0 Å². The number of methoxy groups -OCH3 is 2. The van der Waals surface area contributed by atoms with Crippen molar-refractivity contribution in [2.24, 2.45) is 0 Å². The van der Waals surface area contributed by atoms with E-state index in [1.54, 1.807) is 30.9 Å². The van der Waals surface area contributed by atoms with E-state index < -0.39 is 5.97 Å². The van der Waals surface area contributed by atoms with Gasteiger partial charge in [0.05, 0.1) is 48.6 Å². The number of rotatable bonds is 8. The van der Waals surface area contributed by atoms with Crippen LogP contribution in [0.2, 0.25) is 0 Å². The summed E-state index contributed by atoms with van der Waals surface area (Å²) in [7, 11) is 3.15. The zero-order chi connectivity index (χ0) is 25.1. The Hall–Kier alpha value is -4.59. The number of carbonyl (C=O) groups is 1. The summed E-state index contributed by atoms with van der Waals surface area (Å²) in [5.74, 6) is 0.735. The van der Waals surface area contributed by atoms with E-state index in [0.717, 1.165) is 16.6 Å². The van der Waals surface area contributed by atoms with Crippen LogP contribution >= 0.6 is 0 Å². The van der Waals surface area contributed by atoms with Crippen LogP contribution in [0.25, 0.3) is 33.2 Å². The molecule has 0 saturated carbocycles. The number of aryl methyl sites for hydroxylation is 1. The van der Waals surface area contributed by atoms with Crippen molar-refractivity contribution < 1.29 is 19.0 Å². The maximum absolute atomic E-state index is 13.1. The number of para-hydroxylation sites is 3. The van der Waals surface area contributed by atoms with Crippen LogP contribution in [0, 0.1) is 0 Å². The largest absolute Gasteiger partial charge is 0.493 e. The number of ether oxygens (including phenoxy) is 3. The van der Waals surface area contributed by atoms with Crippen molar-refractivity contribution in [3.63, 3.8) is 0 Å². The Labute approximate surface area is 207 Å². The first kappa shape index (κ1) is 23.2. The number of imidazole rings is 1. The number of H-pyrrole nitrogens is 1. The molecule has 182 valence electrons. The molecule has 0 spiro atoms. The van der Waals surface area contributed by atoms with Crippen molar-refractivity contribution in [1.82, 2.24) is 14.5 Å². The second-order valence-electron chi connectivity index (χ2n) is 8.23. The Bertz CT molecular complexity index is 1620. The Morgan fingerprint density at radius 3 is 2.56 bits per heavy atom. The van der Waals surface area contributed by atoms with Gasteiger partial charge in [-0.1, -0.05) is 30.3 Å². The average Bonchev–Trinajstić information content (AvgIpc) is 3.24. The summed E-state index contributed by atoms with van der Waals surface area (Å²) in [6.07, 6.45) is 0.499. The maximum atomic E-state index is 13.1. The van der Waals surface area contributed by atoms with Crippen molar-refractivity contribution in [3.05, 3.63) is 88.8 Å². The van der Waals surface area contributed by atoms with Crippen LogP contribution in [0.5, 0.6) is 11.5 Å². The van der Waals surface area contributed by atoms with Gasteiger partial charge in [0.1, 0.15) is 0 Å². The topological polar surface area (TPSA) is 95.4 Å². The average molecular weight is 484 g/mol. The fourth-order valence-electron chi connectivity index (χ4n) is 4.28. The van der Waals surface area contributed by atoms with E-state index >= 15 is 0 Å². The summed E-state index contributed by atoms with van der Waals surface area (Å²) in [5, 5.41) is 0.708. The molecular formula is C28H25N3O5. The highest BCUT2D eigenvalue weighted by molar-refractivity contribution is 6.04. The predicted molar refractivity (Wildman–Crippen MR) is 138 cm³/mol. The number of nitrogens with one attached hydrogen (secondary N) is 1. The zero-order valence-corrected chi connectivity index (χ0v) is 20.0. The molecule has 0 unspecified atom stereocenters. The zero-order valence-electron chi connectivity index (χ0n) is 20.0. The molecule has 3 aromatic carbocycles. The number of esters is 1. The minimum atomic E-state index is -0.443. The first-order valence-corrected chi connectivity index (χ1v) is 11.6. The molecular weight excluding hydrogens is 458 g/mol. The number of pyridine rings is 1. The van der Waals surface area contributed by atoms with Crippen molar-refractivity contribution in [3.8, 4) is 22.8 Å². The Balaban J connectivity index is 1.37. The van der Waals surface area contributed by atoms with Crippen LogP contribution in [-0.4, -0.2) is 41.3 Å². The summed E-state index contributed by atoms with van der Waals surface area (Å²) in [6, 6.07) is 22.2. The van der Waals surface area contributed by atoms with Gasteiger partial charge in [0.15, 0.2) is 11.5 Å². The van der Waals surface area contributed by atoms with Crippen LogP contribution in [-0.2, 0) is 11.3 Å². The molecule has 0 fully saturated rings. The van der Waals surface area contributed by atoms with Gasteiger partial charge >= 0.3 is 11.7 Å². The number of fused-ring (bicyclic) bond motifs is 2. The minimum absolute atomic E-state index is 0.174. The molecule has 0 saturated heterocycles. The first-order valence-electron chi connectivity index (χ1n) is 11.6. The number of hydrogen-bond acceptors (Lipinski definition) is 6. The fourth-order valence-corrected chi connectivity index (χ4v) is 4.28. The maximum Gasteiger partial charge on any atom is 0.338 e. The highest BCUT2D eigenvalue weighted by atomic mass is 16.5. The fraction of sp³-hybridized carbons (Fsp3) is 0.179. The Morgan fingerprint density at radius 1 is 0.944 bits per heavy atom. The standard InChI is InChI=1S/C28H25N3O5/c1-34-25-13-12-18(16-26(25)35-2)23-17-20(19-8-3-4-9-21(19)29-23)27(32)36-15-7-14-31-24-11-6-5-10-22(24)30-28(31)33/h3-6,8-13,16-17H,7,14-15H2,1-2H3,(H,30,33). The third-order valence-electron chi connectivity index (χ3n) is 6.06. The van der Waals surface area contributed by atoms with Crippen LogP contribution in [0.15, 0.2) is 77.6 Å². The molecule has 36 heavy (non-hydrogen) atoms. The predicted octanol–water partition coefficient (Wildman–Crippen LogP) is 4.81. The highest BCUT2D eigenvalue weighted by Crippen LogP contribution is 2.33. The molecule has 0 aliphatic carbocycles. The molecule has 5 rings (SSSR count). The summed E-state index contributed by atoms with van der Waals surface area (Å²) < 4.78 is 18.0. The molecule has 5 aromatic rings. The van der Waals surface area contributed by atoms with Gasteiger partial charge in [-0.3, -0.25) is 4.57 Å². The highest BCUT2D eigenvalue weighted by Gasteiger charge is 2.16. The lowest BCUT2D eigenvalue weighted by molar-refractivity contribution is 0.0498. The van der Waals surface area contributed by atoms with E-state index in [-0.39, 0.29) is 12.3 Å². The molecule has 0 amide bonds. The van der Waals surface area contributed by atoms with E-state index in [2.05, 4.69) is 4.98 Å². The van der Waals surface area contributed by atoms with Crippen LogP contribution < -0.4 is 15.2 Å². The summed E-state index contributed by atoms with van der Waals surface area (Å²) >= 11 is 0. The first-order chi connectivity index (χ1) is 17.6. The molecule has 8 heteroatoms. The lowest BCUT2D eigenvalue weighted by atomic mass is 10.0. The number of nitrogens with zero attached hydrogens (tertiary/aromatic N) is 2. The number of hydrogen-bond donors (Lipinski definition) is 1. The van der Waals surface area contributed by atoms with Gasteiger partial charge < -0.3 is 19.2 Å². The normalized spacial score (nSPS) is 11.1. The van der Waals surface area contributed by atoms with Crippen LogP contribution in [0.3, 0.4) is 0 Å². The van der Waals surface area contributed by atoms with E-state index in [4.69, 9.17) is 19.2 Å². The quantitative estimate of drug-likeness (QED) is 0.251. The molecule has 0 aliphatic heterocycles. The number of aromatic nitrogens is 3. The van der Waals surface area contributed by atoms with E-state index in [0.29, 0.717) is 46.6 Å². The Morgan fingerprint density at radius 2 is 1.72 bits per heavy atom. The minimum Gasteiger partial charge on any atom is -0.493 e. The smallest absolute Gasteiger partial charge is 0.338 e. The van der Waals surface area contributed by atoms with Gasteiger partial charge in [-0.25, -0.2) is 14.6 Å². The summed E-state index contributed by atoms with van der Waals surface area (Å²) in [6.45, 7) is 0.608. The third-order valence-corrected chi connectivity index (χ3v) is 6.06. The van der Waals surface area contributed by atoms with Gasteiger partial charge in [-0.15, -0.1) is 0 Å². The molecule has 2 aromatic heterocycles. The van der Waals surface area contributed by atoms with Gasteiger partial charge in [-0.05, 0) is 48.9 Å². The summed E-state index contributed by atoms with van der Waals surface area (Å²) in [4.78, 5) is 33.0. The molecule has 2 heterocycles. The van der Waals surface area contributed by atoms with Crippen LogP contribution in [0.1, 0.15) is 16.8 Å². The van der Waals surface area contributed by atoms with Crippen molar-refractivity contribution >= 4 is 27.9 Å². The SMILES string of the molecule is COc1ccc(-c2cc(C(=O)OCCCn3c(=O)[nH]c4ccccc43)c3ccccc3n2)cc1OC. The van der Waals surface area contributed by atoms with Gasteiger partial charge in [0.25, 0.3) is 0 Å². The molecule has 0 bridgehead atoms. The van der Waals surface area contributed by atoms with E-state index in [1.165, 1.54) is 0 Å². The molecule has 0 aliphatic rings. The van der Waals surface area contributed by atoms with Crippen molar-refractivity contribution in [1.29, 1.82) is 0 Å². The number of benzene rings is 3. The van der Waals surface area contributed by atoms with E-state index in [9.17, 15) is 9.59 Å². The van der Waals surface area contributed by atoms with E-state index in [1.807, 2.05) is 60.7 Å². The lowest BCUT2D eigenvalue weighted by Gasteiger charge is -2.12. The lowest BCUT2D eigenvalue weighted by Crippen LogP contribution is -2.18.